The molecule has 5 heteroatoms. The Morgan fingerprint density at radius 1 is 1.09 bits per heavy atom. The molecule has 3 rings (SSSR count). The van der Waals surface area contributed by atoms with E-state index < -0.39 is 17.5 Å². The zero-order chi connectivity index (χ0) is 16.4. The van der Waals surface area contributed by atoms with Gasteiger partial charge in [-0.15, -0.1) is 0 Å². The van der Waals surface area contributed by atoms with Crippen LogP contribution in [0.4, 0.5) is 8.78 Å². The molecule has 2 aromatic carbocycles. The highest BCUT2D eigenvalue weighted by Gasteiger charge is 2.32. The second-order valence-corrected chi connectivity index (χ2v) is 5.81. The Morgan fingerprint density at radius 3 is 2.57 bits per heavy atom. The van der Waals surface area contributed by atoms with Crippen LogP contribution in [0.1, 0.15) is 22.0 Å². The first-order chi connectivity index (χ1) is 11.1. The number of halogens is 2. The predicted octanol–water partition coefficient (Wildman–Crippen LogP) is 3.09. The number of carbonyl (C=O) groups excluding carboxylic acids is 1. The molecule has 0 aliphatic carbocycles. The van der Waals surface area contributed by atoms with Gasteiger partial charge in [0.2, 0.25) is 0 Å². The SMILES string of the molecule is CN1CCN(C(=O)c2cc(F)ccc2F)C(c2ccccc2)C1. The molecular weight excluding hydrogens is 298 g/mol. The van der Waals surface area contributed by atoms with Crippen molar-refractivity contribution in [3.8, 4) is 0 Å². The van der Waals surface area contributed by atoms with Crippen LogP contribution in [0, 0.1) is 11.6 Å². The van der Waals surface area contributed by atoms with E-state index in [9.17, 15) is 13.6 Å². The molecule has 120 valence electrons. The third-order valence-electron chi connectivity index (χ3n) is 4.19. The lowest BCUT2D eigenvalue weighted by molar-refractivity contribution is 0.0493. The minimum atomic E-state index is -0.692. The summed E-state index contributed by atoms with van der Waals surface area (Å²) in [7, 11) is 1.99. The number of likely N-dealkylation sites (N-methyl/N-ethyl adjacent to an activating group) is 1. The number of piperazine rings is 1. The van der Waals surface area contributed by atoms with Crippen molar-refractivity contribution in [2.45, 2.75) is 6.04 Å². The summed E-state index contributed by atoms with van der Waals surface area (Å²) in [5.41, 5.74) is 0.777. The summed E-state index contributed by atoms with van der Waals surface area (Å²) in [6, 6.07) is 12.4. The van der Waals surface area contributed by atoms with Crippen LogP contribution in [-0.4, -0.2) is 42.4 Å². The summed E-state index contributed by atoms with van der Waals surface area (Å²) in [5, 5.41) is 0. The molecule has 0 radical (unpaired) electrons. The normalized spacial score (nSPS) is 18.9. The number of carbonyl (C=O) groups is 1. The van der Waals surface area contributed by atoms with Gasteiger partial charge in [0, 0.05) is 19.6 Å². The lowest BCUT2D eigenvalue weighted by Crippen LogP contribution is -2.49. The molecule has 3 nitrogen and oxygen atoms in total. The number of hydrogen-bond acceptors (Lipinski definition) is 2. The van der Waals surface area contributed by atoms with Crippen LogP contribution in [0.2, 0.25) is 0 Å². The number of hydrogen-bond donors (Lipinski definition) is 0. The van der Waals surface area contributed by atoms with Crippen molar-refractivity contribution in [1.29, 1.82) is 0 Å². The lowest BCUT2D eigenvalue weighted by atomic mass is 10.0. The molecule has 2 aromatic rings. The van der Waals surface area contributed by atoms with Crippen LogP contribution in [-0.2, 0) is 0 Å². The van der Waals surface area contributed by atoms with Gasteiger partial charge in [-0.05, 0) is 30.8 Å². The molecule has 1 saturated heterocycles. The van der Waals surface area contributed by atoms with Crippen molar-refractivity contribution >= 4 is 5.91 Å². The molecule has 0 aromatic heterocycles. The van der Waals surface area contributed by atoms with Gasteiger partial charge in [0.05, 0.1) is 11.6 Å². The monoisotopic (exact) mass is 316 g/mol. The molecule has 1 aliphatic heterocycles. The number of rotatable bonds is 2. The molecule has 1 heterocycles. The molecular formula is C18H18F2N2O. The van der Waals surface area contributed by atoms with Crippen molar-refractivity contribution in [2.24, 2.45) is 0 Å². The fraction of sp³-hybridized carbons (Fsp3) is 0.278. The zero-order valence-corrected chi connectivity index (χ0v) is 12.9. The van der Waals surface area contributed by atoms with Crippen molar-refractivity contribution in [2.75, 3.05) is 26.7 Å². The van der Waals surface area contributed by atoms with E-state index in [4.69, 9.17) is 0 Å². The van der Waals surface area contributed by atoms with Gasteiger partial charge in [-0.1, -0.05) is 30.3 Å². The number of benzene rings is 2. The van der Waals surface area contributed by atoms with Gasteiger partial charge in [-0.3, -0.25) is 4.79 Å². The van der Waals surface area contributed by atoms with Crippen molar-refractivity contribution in [1.82, 2.24) is 9.80 Å². The summed E-state index contributed by atoms with van der Waals surface area (Å²) in [4.78, 5) is 16.5. The first kappa shape index (κ1) is 15.6. The maximum Gasteiger partial charge on any atom is 0.257 e. The Labute approximate surface area is 134 Å². The summed E-state index contributed by atoms with van der Waals surface area (Å²) in [6.07, 6.45) is 0. The number of nitrogens with zero attached hydrogens (tertiary/aromatic N) is 2. The molecule has 1 aliphatic rings. The van der Waals surface area contributed by atoms with Crippen molar-refractivity contribution in [3.63, 3.8) is 0 Å². The van der Waals surface area contributed by atoms with Crippen LogP contribution in [0.15, 0.2) is 48.5 Å². The third-order valence-corrected chi connectivity index (χ3v) is 4.19. The summed E-state index contributed by atoms with van der Waals surface area (Å²) < 4.78 is 27.4. The van der Waals surface area contributed by atoms with Crippen LogP contribution in [0.25, 0.3) is 0 Å². The van der Waals surface area contributed by atoms with E-state index in [0.29, 0.717) is 19.6 Å². The van der Waals surface area contributed by atoms with Gasteiger partial charge >= 0.3 is 0 Å². The maximum atomic E-state index is 14.0. The third kappa shape index (κ3) is 3.24. The number of amides is 1. The molecule has 23 heavy (non-hydrogen) atoms. The van der Waals surface area contributed by atoms with E-state index in [1.54, 1.807) is 4.90 Å². The van der Waals surface area contributed by atoms with E-state index in [1.165, 1.54) is 0 Å². The first-order valence-corrected chi connectivity index (χ1v) is 7.56. The molecule has 0 spiro atoms. The molecule has 0 N–H and O–H groups in total. The Hall–Kier alpha value is -2.27. The highest BCUT2D eigenvalue weighted by atomic mass is 19.1. The van der Waals surface area contributed by atoms with Crippen molar-refractivity contribution < 1.29 is 13.6 Å². The van der Waals surface area contributed by atoms with Crippen LogP contribution < -0.4 is 0 Å². The summed E-state index contributed by atoms with van der Waals surface area (Å²) in [6.45, 7) is 1.84. The van der Waals surface area contributed by atoms with Crippen molar-refractivity contribution in [3.05, 3.63) is 71.3 Å². The predicted molar refractivity (Wildman–Crippen MR) is 84.1 cm³/mol. The molecule has 0 saturated carbocycles. The van der Waals surface area contributed by atoms with E-state index in [1.807, 2.05) is 37.4 Å². The highest BCUT2D eigenvalue weighted by Crippen LogP contribution is 2.27. The van der Waals surface area contributed by atoms with Crippen LogP contribution in [0.3, 0.4) is 0 Å². The summed E-state index contributed by atoms with van der Waals surface area (Å²) in [5.74, 6) is -1.77. The van der Waals surface area contributed by atoms with Gasteiger partial charge < -0.3 is 9.80 Å². The second-order valence-electron chi connectivity index (χ2n) is 5.81. The summed E-state index contributed by atoms with van der Waals surface area (Å²) >= 11 is 0. The zero-order valence-electron chi connectivity index (χ0n) is 12.9. The second kappa shape index (κ2) is 6.46. The first-order valence-electron chi connectivity index (χ1n) is 7.56. The van der Waals surface area contributed by atoms with E-state index in [-0.39, 0.29) is 11.6 Å². The molecule has 1 fully saturated rings. The van der Waals surface area contributed by atoms with Gasteiger partial charge in [-0.25, -0.2) is 8.78 Å². The standard InChI is InChI=1S/C18H18F2N2O/c1-21-9-10-22(17(12-21)13-5-3-2-4-6-13)18(23)15-11-14(19)7-8-16(15)20/h2-8,11,17H,9-10,12H2,1H3. The van der Waals surface area contributed by atoms with Gasteiger partial charge in [0.15, 0.2) is 0 Å². The average Bonchev–Trinajstić information content (AvgIpc) is 2.57. The topological polar surface area (TPSA) is 23.6 Å². The van der Waals surface area contributed by atoms with Gasteiger partial charge in [0.25, 0.3) is 5.91 Å². The van der Waals surface area contributed by atoms with Gasteiger partial charge in [0.1, 0.15) is 11.6 Å². The smallest absolute Gasteiger partial charge is 0.257 e. The van der Waals surface area contributed by atoms with E-state index >= 15 is 0 Å². The van der Waals surface area contributed by atoms with E-state index in [2.05, 4.69) is 4.90 Å². The minimum Gasteiger partial charge on any atom is -0.329 e. The fourth-order valence-electron chi connectivity index (χ4n) is 2.94. The molecule has 0 bridgehead atoms. The molecule has 1 amide bonds. The highest BCUT2D eigenvalue weighted by molar-refractivity contribution is 5.95. The Kier molecular flexibility index (Phi) is 4.39. The Bertz CT molecular complexity index is 705. The largest absolute Gasteiger partial charge is 0.329 e. The maximum absolute atomic E-state index is 14.0. The molecule has 1 atom stereocenters. The van der Waals surface area contributed by atoms with Crippen LogP contribution >= 0.6 is 0 Å². The average molecular weight is 316 g/mol. The lowest BCUT2D eigenvalue weighted by Gasteiger charge is -2.40. The molecule has 1 unspecified atom stereocenters. The van der Waals surface area contributed by atoms with E-state index in [0.717, 1.165) is 23.8 Å². The van der Waals surface area contributed by atoms with Gasteiger partial charge in [-0.2, -0.15) is 0 Å². The minimum absolute atomic E-state index is 0.176. The Morgan fingerprint density at radius 2 is 1.83 bits per heavy atom. The van der Waals surface area contributed by atoms with Crippen LogP contribution in [0.5, 0.6) is 0 Å². The Balaban J connectivity index is 1.95. The quantitative estimate of drug-likeness (QED) is 0.850. The fourth-order valence-corrected chi connectivity index (χ4v) is 2.94.